The lowest BCUT2D eigenvalue weighted by Gasteiger charge is -2.15. The number of hydrogen-bond donors (Lipinski definition) is 0. The fourth-order valence-electron chi connectivity index (χ4n) is 2.66. The lowest BCUT2D eigenvalue weighted by atomic mass is 10.1. The number of ether oxygens (including phenoxy) is 2. The highest BCUT2D eigenvalue weighted by Gasteiger charge is 2.30. The molecule has 0 aromatic heterocycles. The van der Waals surface area contributed by atoms with Crippen molar-refractivity contribution in [1.82, 2.24) is 0 Å². The minimum Gasteiger partial charge on any atom is -0.477 e. The van der Waals surface area contributed by atoms with Crippen molar-refractivity contribution >= 4 is 17.5 Å². The van der Waals surface area contributed by atoms with Crippen molar-refractivity contribution in [2.75, 3.05) is 13.2 Å². The summed E-state index contributed by atoms with van der Waals surface area (Å²) in [6.45, 7) is 9.98. The normalized spacial score (nSPS) is 31.0. The third kappa shape index (κ3) is 3.08. The molecule has 1 unspecified atom stereocenters. The Morgan fingerprint density at radius 1 is 0.955 bits per heavy atom. The first-order valence-electron chi connectivity index (χ1n) is 8.20. The van der Waals surface area contributed by atoms with E-state index in [1.54, 1.807) is 0 Å². The summed E-state index contributed by atoms with van der Waals surface area (Å²) in [6.07, 6.45) is 4.93. The van der Waals surface area contributed by atoms with Crippen molar-refractivity contribution in [2.45, 2.75) is 52.2 Å². The van der Waals surface area contributed by atoms with Crippen LogP contribution in [0.3, 0.4) is 0 Å². The van der Waals surface area contributed by atoms with Crippen molar-refractivity contribution in [1.29, 1.82) is 0 Å². The van der Waals surface area contributed by atoms with Crippen LogP contribution in [0.25, 0.3) is 0 Å². The van der Waals surface area contributed by atoms with Gasteiger partial charge in [-0.3, -0.25) is 4.99 Å². The van der Waals surface area contributed by atoms with Gasteiger partial charge in [-0.15, -0.1) is 0 Å². The van der Waals surface area contributed by atoms with Gasteiger partial charge in [0.15, 0.2) is 0 Å². The van der Waals surface area contributed by atoms with E-state index in [0.29, 0.717) is 30.9 Å². The molecular formula is C17H25N3O2. The highest BCUT2D eigenvalue weighted by Crippen LogP contribution is 2.21. The number of aliphatic imine (C=N–C) groups is 3. The van der Waals surface area contributed by atoms with E-state index in [2.05, 4.69) is 43.8 Å². The van der Waals surface area contributed by atoms with Crippen LogP contribution in [0.5, 0.6) is 0 Å². The molecule has 3 rings (SSSR count). The van der Waals surface area contributed by atoms with Gasteiger partial charge in [-0.1, -0.05) is 33.8 Å². The van der Waals surface area contributed by atoms with E-state index in [0.717, 1.165) is 18.0 Å². The number of hydrogen-bond acceptors (Lipinski definition) is 5. The number of rotatable bonds is 4. The molecule has 0 bridgehead atoms. The Labute approximate surface area is 132 Å². The topological polar surface area (TPSA) is 55.5 Å². The monoisotopic (exact) mass is 303 g/mol. The zero-order chi connectivity index (χ0) is 15.7. The summed E-state index contributed by atoms with van der Waals surface area (Å²) >= 11 is 0. The van der Waals surface area contributed by atoms with E-state index in [1.165, 1.54) is 0 Å². The molecule has 3 aliphatic rings. The fourth-order valence-corrected chi connectivity index (χ4v) is 2.66. The Morgan fingerprint density at radius 3 is 2.27 bits per heavy atom. The van der Waals surface area contributed by atoms with Crippen LogP contribution in [-0.2, 0) is 9.47 Å². The SMILES string of the molecule is CC(C)[C@H]1COC(C2=NC(C3=N[C@@H](C(C)C)CO3)CC=C2)=N1. The Kier molecular flexibility index (Phi) is 4.32. The van der Waals surface area contributed by atoms with Gasteiger partial charge >= 0.3 is 0 Å². The molecule has 0 spiro atoms. The van der Waals surface area contributed by atoms with Gasteiger partial charge < -0.3 is 9.47 Å². The standard InChI is InChI=1S/C17H25N3O2/c1-10(2)14-8-21-16(19-14)12-6-5-7-13(18-12)17-20-15(9-22-17)11(3)4/h5-6,10-11,13-15H,7-9H2,1-4H3/t13?,14-,15-/m1/s1. The third-order valence-electron chi connectivity index (χ3n) is 4.34. The molecule has 3 aliphatic heterocycles. The molecule has 3 atom stereocenters. The quantitative estimate of drug-likeness (QED) is 0.801. The van der Waals surface area contributed by atoms with Crippen molar-refractivity contribution in [3.8, 4) is 0 Å². The van der Waals surface area contributed by atoms with Crippen LogP contribution in [0.4, 0.5) is 0 Å². The van der Waals surface area contributed by atoms with Crippen LogP contribution in [0, 0.1) is 11.8 Å². The smallest absolute Gasteiger partial charge is 0.235 e. The minimum absolute atomic E-state index is 0.0341. The summed E-state index contributed by atoms with van der Waals surface area (Å²) in [5.74, 6) is 2.41. The van der Waals surface area contributed by atoms with Gasteiger partial charge in [0.05, 0.1) is 12.1 Å². The first-order chi connectivity index (χ1) is 10.5. The maximum Gasteiger partial charge on any atom is 0.235 e. The van der Waals surface area contributed by atoms with Gasteiger partial charge in [0.2, 0.25) is 11.8 Å². The van der Waals surface area contributed by atoms with Crippen molar-refractivity contribution in [3.05, 3.63) is 12.2 Å². The molecular weight excluding hydrogens is 278 g/mol. The van der Waals surface area contributed by atoms with Crippen molar-refractivity contribution in [3.63, 3.8) is 0 Å². The molecule has 0 fully saturated rings. The third-order valence-corrected chi connectivity index (χ3v) is 4.34. The molecule has 0 radical (unpaired) electrons. The van der Waals surface area contributed by atoms with E-state index in [-0.39, 0.29) is 18.1 Å². The summed E-state index contributed by atoms with van der Waals surface area (Å²) < 4.78 is 11.5. The van der Waals surface area contributed by atoms with Gasteiger partial charge in [0.25, 0.3) is 0 Å². The molecule has 120 valence electrons. The average molecular weight is 303 g/mol. The molecule has 5 nitrogen and oxygen atoms in total. The van der Waals surface area contributed by atoms with Crippen LogP contribution in [0.1, 0.15) is 34.1 Å². The molecule has 0 N–H and O–H groups in total. The summed E-state index contributed by atoms with van der Waals surface area (Å²) in [7, 11) is 0. The van der Waals surface area contributed by atoms with Gasteiger partial charge in [-0.05, 0) is 24.3 Å². The molecule has 0 saturated heterocycles. The van der Waals surface area contributed by atoms with E-state index in [1.807, 2.05) is 6.08 Å². The second kappa shape index (κ2) is 6.23. The predicted octanol–water partition coefficient (Wildman–Crippen LogP) is 2.66. The summed E-state index contributed by atoms with van der Waals surface area (Å²) in [6, 6.07) is 0.454. The number of dihydropyridines is 1. The molecule has 5 heteroatoms. The average Bonchev–Trinajstić information content (AvgIpc) is 3.17. The maximum absolute atomic E-state index is 5.77. The maximum atomic E-state index is 5.77. The second-order valence-corrected chi connectivity index (χ2v) is 6.81. The zero-order valence-corrected chi connectivity index (χ0v) is 13.8. The lowest BCUT2D eigenvalue weighted by Crippen LogP contribution is -2.25. The first-order valence-corrected chi connectivity index (χ1v) is 8.20. The molecule has 0 aliphatic carbocycles. The Hall–Kier alpha value is -1.65. The van der Waals surface area contributed by atoms with Crippen molar-refractivity contribution in [2.24, 2.45) is 26.8 Å². The summed E-state index contributed by atoms with van der Waals surface area (Å²) in [5.41, 5.74) is 0.818. The Balaban J connectivity index is 1.74. The fraction of sp³-hybridized carbons (Fsp3) is 0.706. The van der Waals surface area contributed by atoms with E-state index in [9.17, 15) is 0 Å². The minimum atomic E-state index is -0.0341. The first kappa shape index (κ1) is 15.3. The largest absolute Gasteiger partial charge is 0.477 e. The second-order valence-electron chi connectivity index (χ2n) is 6.81. The molecule has 0 aromatic rings. The van der Waals surface area contributed by atoms with Crippen LogP contribution < -0.4 is 0 Å². The van der Waals surface area contributed by atoms with E-state index in [4.69, 9.17) is 14.5 Å². The molecule has 3 heterocycles. The summed E-state index contributed by atoms with van der Waals surface area (Å²) in [5, 5.41) is 0. The van der Waals surface area contributed by atoms with Gasteiger partial charge in [-0.2, -0.15) is 0 Å². The van der Waals surface area contributed by atoms with Gasteiger partial charge in [0.1, 0.15) is 25.0 Å². The summed E-state index contributed by atoms with van der Waals surface area (Å²) in [4.78, 5) is 14.1. The van der Waals surface area contributed by atoms with Crippen LogP contribution in [0.2, 0.25) is 0 Å². The van der Waals surface area contributed by atoms with Gasteiger partial charge in [0, 0.05) is 0 Å². The molecule has 0 saturated carbocycles. The Bertz CT molecular complexity index is 546. The van der Waals surface area contributed by atoms with Gasteiger partial charge in [-0.25, -0.2) is 9.98 Å². The van der Waals surface area contributed by atoms with E-state index < -0.39 is 0 Å². The molecule has 0 amide bonds. The van der Waals surface area contributed by atoms with Crippen molar-refractivity contribution < 1.29 is 9.47 Å². The highest BCUT2D eigenvalue weighted by molar-refractivity contribution is 6.44. The highest BCUT2D eigenvalue weighted by atomic mass is 16.5. The van der Waals surface area contributed by atoms with Crippen LogP contribution >= 0.6 is 0 Å². The Morgan fingerprint density at radius 2 is 1.64 bits per heavy atom. The van der Waals surface area contributed by atoms with Crippen LogP contribution in [0.15, 0.2) is 27.1 Å². The zero-order valence-electron chi connectivity index (χ0n) is 13.8. The molecule has 22 heavy (non-hydrogen) atoms. The molecule has 0 aromatic carbocycles. The van der Waals surface area contributed by atoms with E-state index >= 15 is 0 Å². The van der Waals surface area contributed by atoms with Crippen LogP contribution in [-0.4, -0.2) is 48.8 Å². The lowest BCUT2D eigenvalue weighted by molar-refractivity contribution is 0.282. The number of nitrogens with zero attached hydrogens (tertiary/aromatic N) is 3. The predicted molar refractivity (Wildman–Crippen MR) is 89.0 cm³/mol.